The first-order valence-corrected chi connectivity index (χ1v) is 12.5. The second-order valence-corrected chi connectivity index (χ2v) is 9.88. The van der Waals surface area contributed by atoms with E-state index in [2.05, 4.69) is 17.1 Å². The number of ether oxygens (including phenoxy) is 2. The van der Waals surface area contributed by atoms with Gasteiger partial charge in [0.05, 0.1) is 18.4 Å². The Morgan fingerprint density at radius 1 is 1.21 bits per heavy atom. The molecule has 1 amide bonds. The summed E-state index contributed by atoms with van der Waals surface area (Å²) < 4.78 is 25.8. The number of amidine groups is 1. The van der Waals surface area contributed by atoms with E-state index in [9.17, 15) is 9.18 Å². The van der Waals surface area contributed by atoms with Crippen molar-refractivity contribution in [1.82, 2.24) is 4.90 Å². The number of carbonyl (C=O) groups excluding carboxylic acids is 1. The zero-order valence-corrected chi connectivity index (χ0v) is 20.9. The van der Waals surface area contributed by atoms with E-state index < -0.39 is 11.4 Å². The molecule has 0 bridgehead atoms. The Bertz CT molecular complexity index is 895. The number of hydrogen-bond acceptors (Lipinski definition) is 6. The first-order valence-electron chi connectivity index (χ1n) is 12.5. The number of carbonyl (C=O) groups is 1. The average molecular weight is 476 g/mol. The minimum atomic E-state index is -0.571. The monoisotopic (exact) mass is 475 g/mol. The molecule has 1 aromatic rings. The van der Waals surface area contributed by atoms with Crippen LogP contribution in [-0.2, 0) is 9.57 Å². The molecule has 1 saturated heterocycles. The van der Waals surface area contributed by atoms with E-state index in [1.807, 2.05) is 20.8 Å². The molecule has 2 heterocycles. The molecule has 0 N–H and O–H groups in total. The van der Waals surface area contributed by atoms with Gasteiger partial charge in [-0.1, -0.05) is 44.2 Å². The lowest BCUT2D eigenvalue weighted by Crippen LogP contribution is -2.45. The smallest absolute Gasteiger partial charge is 0.410 e. The van der Waals surface area contributed by atoms with Crippen molar-refractivity contribution in [3.8, 4) is 5.75 Å². The summed E-state index contributed by atoms with van der Waals surface area (Å²) >= 11 is 0. The van der Waals surface area contributed by atoms with Crippen LogP contribution in [0.5, 0.6) is 5.75 Å². The molecule has 0 saturated carbocycles. The lowest BCUT2D eigenvalue weighted by atomic mass is 10.1. The number of halogens is 1. The standard InChI is InChI=1S/C26H38FN3O4/c1-5-6-7-8-9-10-16-32-23-14-13-19(17-20(23)27)24-28-21(18-33-29-24)22-12-11-15-30(22)25(31)34-26(2,3)4/h13-14,17,22H,5-12,15-16,18H2,1-4H3/t22-/m0/s1. The maximum Gasteiger partial charge on any atom is 0.410 e. The molecule has 2 aliphatic rings. The van der Waals surface area contributed by atoms with E-state index >= 15 is 0 Å². The molecular weight excluding hydrogens is 437 g/mol. The fourth-order valence-corrected chi connectivity index (χ4v) is 4.11. The van der Waals surface area contributed by atoms with Gasteiger partial charge < -0.3 is 14.3 Å². The summed E-state index contributed by atoms with van der Waals surface area (Å²) in [6, 6.07) is 4.49. The Kier molecular flexibility index (Phi) is 9.30. The fraction of sp³-hybridized carbons (Fsp3) is 0.654. The lowest BCUT2D eigenvalue weighted by Gasteiger charge is -2.29. The van der Waals surface area contributed by atoms with Crippen molar-refractivity contribution in [3.63, 3.8) is 0 Å². The summed E-state index contributed by atoms with van der Waals surface area (Å²) in [6.07, 6.45) is 8.17. The van der Waals surface area contributed by atoms with Crippen LogP contribution in [0.4, 0.5) is 9.18 Å². The van der Waals surface area contributed by atoms with Gasteiger partial charge in [0.2, 0.25) is 0 Å². The van der Waals surface area contributed by atoms with Crippen LogP contribution in [0.3, 0.4) is 0 Å². The predicted octanol–water partition coefficient (Wildman–Crippen LogP) is 6.10. The van der Waals surface area contributed by atoms with Crippen LogP contribution in [0.15, 0.2) is 28.3 Å². The Morgan fingerprint density at radius 3 is 2.71 bits per heavy atom. The molecule has 7 nitrogen and oxygen atoms in total. The maximum absolute atomic E-state index is 14.7. The third-order valence-electron chi connectivity index (χ3n) is 5.82. The van der Waals surface area contributed by atoms with Gasteiger partial charge in [-0.2, -0.15) is 0 Å². The van der Waals surface area contributed by atoms with Crippen molar-refractivity contribution in [2.75, 3.05) is 19.8 Å². The van der Waals surface area contributed by atoms with Gasteiger partial charge in [-0.25, -0.2) is 14.2 Å². The lowest BCUT2D eigenvalue weighted by molar-refractivity contribution is 0.0261. The van der Waals surface area contributed by atoms with Gasteiger partial charge in [0, 0.05) is 12.1 Å². The topological polar surface area (TPSA) is 72.7 Å². The first kappa shape index (κ1) is 26.0. The Morgan fingerprint density at radius 2 is 1.97 bits per heavy atom. The zero-order chi connectivity index (χ0) is 24.6. The van der Waals surface area contributed by atoms with Crippen LogP contribution < -0.4 is 4.74 Å². The van der Waals surface area contributed by atoms with Gasteiger partial charge >= 0.3 is 6.09 Å². The highest BCUT2D eigenvalue weighted by Gasteiger charge is 2.36. The normalized spacial score (nSPS) is 18.3. The van der Waals surface area contributed by atoms with Crippen LogP contribution in [0.2, 0.25) is 0 Å². The first-order chi connectivity index (χ1) is 16.3. The minimum Gasteiger partial charge on any atom is -0.491 e. The third-order valence-corrected chi connectivity index (χ3v) is 5.82. The highest BCUT2D eigenvalue weighted by molar-refractivity contribution is 6.10. The number of hydrogen-bond donors (Lipinski definition) is 0. The Labute approximate surface area is 202 Å². The number of aliphatic imine (C=N–C) groups is 1. The highest BCUT2D eigenvalue weighted by atomic mass is 19.1. The van der Waals surface area contributed by atoms with Crippen LogP contribution >= 0.6 is 0 Å². The van der Waals surface area contributed by atoms with E-state index in [0.717, 1.165) is 25.7 Å². The van der Waals surface area contributed by atoms with Crippen molar-refractivity contribution in [1.29, 1.82) is 0 Å². The molecule has 2 aliphatic heterocycles. The van der Waals surface area contributed by atoms with Gasteiger partial charge in [0.25, 0.3) is 0 Å². The molecule has 1 fully saturated rings. The Hall–Kier alpha value is -2.64. The van der Waals surface area contributed by atoms with E-state index in [1.54, 1.807) is 17.0 Å². The molecule has 1 atom stereocenters. The second-order valence-electron chi connectivity index (χ2n) is 9.88. The highest BCUT2D eigenvalue weighted by Crippen LogP contribution is 2.25. The minimum absolute atomic E-state index is 0.190. The quantitative estimate of drug-likeness (QED) is 0.384. The van der Waals surface area contributed by atoms with Gasteiger partial charge in [-0.05, 0) is 58.2 Å². The van der Waals surface area contributed by atoms with Gasteiger partial charge in [-0.15, -0.1) is 0 Å². The SMILES string of the molecule is CCCCCCCCOc1ccc(C2=NOCC([C@@H]3CCCN3C(=O)OC(C)(C)C)=N2)cc1F. The molecular formula is C26H38FN3O4. The van der Waals surface area contributed by atoms with Crippen molar-refractivity contribution in [3.05, 3.63) is 29.6 Å². The van der Waals surface area contributed by atoms with E-state index in [0.29, 0.717) is 30.3 Å². The second kappa shape index (κ2) is 12.2. The summed E-state index contributed by atoms with van der Waals surface area (Å²) in [5, 5.41) is 4.02. The number of oxime groups is 1. The van der Waals surface area contributed by atoms with E-state index in [1.165, 1.54) is 31.7 Å². The van der Waals surface area contributed by atoms with Crippen molar-refractivity contribution >= 4 is 17.6 Å². The fourth-order valence-electron chi connectivity index (χ4n) is 4.11. The van der Waals surface area contributed by atoms with Gasteiger partial charge in [0.15, 0.2) is 24.0 Å². The van der Waals surface area contributed by atoms with Crippen molar-refractivity contribution in [2.24, 2.45) is 10.1 Å². The number of nitrogens with zero attached hydrogens (tertiary/aromatic N) is 3. The molecule has 188 valence electrons. The molecule has 0 aromatic heterocycles. The molecule has 0 spiro atoms. The molecule has 34 heavy (non-hydrogen) atoms. The largest absolute Gasteiger partial charge is 0.491 e. The maximum atomic E-state index is 14.7. The third kappa shape index (κ3) is 7.43. The van der Waals surface area contributed by atoms with Crippen LogP contribution in [0.25, 0.3) is 0 Å². The van der Waals surface area contributed by atoms with Crippen molar-refractivity contribution in [2.45, 2.75) is 90.7 Å². The van der Waals surface area contributed by atoms with Crippen molar-refractivity contribution < 1.29 is 23.5 Å². The molecule has 0 radical (unpaired) electrons. The number of benzene rings is 1. The van der Waals surface area contributed by atoms with Crippen LogP contribution in [0, 0.1) is 5.82 Å². The number of amides is 1. The van der Waals surface area contributed by atoms with Gasteiger partial charge in [-0.3, -0.25) is 4.90 Å². The van der Waals surface area contributed by atoms with Crippen LogP contribution in [0.1, 0.15) is 84.6 Å². The molecule has 1 aromatic carbocycles. The van der Waals surface area contributed by atoms with E-state index in [-0.39, 0.29) is 24.5 Å². The molecule has 3 rings (SSSR count). The summed E-state index contributed by atoms with van der Waals surface area (Å²) in [4.78, 5) is 24.4. The number of rotatable bonds is 10. The zero-order valence-electron chi connectivity index (χ0n) is 20.9. The molecule has 8 heteroatoms. The molecule has 0 unspecified atom stereocenters. The summed E-state index contributed by atoms with van der Waals surface area (Å²) in [5.74, 6) is 0.0640. The Balaban J connectivity index is 1.60. The summed E-state index contributed by atoms with van der Waals surface area (Å²) in [6.45, 7) is 9.02. The predicted molar refractivity (Wildman–Crippen MR) is 131 cm³/mol. The summed E-state index contributed by atoms with van der Waals surface area (Å²) in [7, 11) is 0. The summed E-state index contributed by atoms with van der Waals surface area (Å²) in [5.41, 5.74) is 0.624. The number of unbranched alkanes of at least 4 members (excludes halogenated alkanes) is 5. The van der Waals surface area contributed by atoms with E-state index in [4.69, 9.17) is 14.3 Å². The van der Waals surface area contributed by atoms with Gasteiger partial charge in [0.1, 0.15) is 5.60 Å². The molecule has 0 aliphatic carbocycles. The number of likely N-dealkylation sites (tertiary alicyclic amines) is 1. The average Bonchev–Trinajstić information content (AvgIpc) is 3.29. The van der Waals surface area contributed by atoms with Crippen LogP contribution in [-0.4, -0.2) is 53.9 Å².